The van der Waals surface area contributed by atoms with Crippen molar-refractivity contribution in [1.82, 2.24) is 15.6 Å². The van der Waals surface area contributed by atoms with Crippen molar-refractivity contribution in [2.75, 3.05) is 13.2 Å². The number of hydrogen-bond donors (Lipinski definition) is 3. The molecule has 1 aromatic heterocycles. The minimum atomic E-state index is -3.69. The number of carbonyl (C=O) groups excluding carboxylic acids is 2. The minimum absolute atomic E-state index is 0.0386. The highest BCUT2D eigenvalue weighted by atomic mass is 32.2. The number of carbonyl (C=O) groups is 2. The molecule has 2 amide bonds. The Hall–Kier alpha value is -2.69. The molecule has 1 aliphatic heterocycles. The second-order valence-corrected chi connectivity index (χ2v) is 7.66. The molecule has 1 fully saturated rings. The van der Waals surface area contributed by atoms with E-state index in [1.807, 2.05) is 0 Å². The average molecular weight is 393 g/mol. The van der Waals surface area contributed by atoms with Gasteiger partial charge in [-0.15, -0.1) is 0 Å². The predicted molar refractivity (Wildman–Crippen MR) is 94.2 cm³/mol. The van der Waals surface area contributed by atoms with Gasteiger partial charge in [0, 0.05) is 18.7 Å². The van der Waals surface area contributed by atoms with Crippen molar-refractivity contribution in [2.24, 2.45) is 0 Å². The lowest BCUT2D eigenvalue weighted by Gasteiger charge is -2.12. The van der Waals surface area contributed by atoms with E-state index in [0.29, 0.717) is 6.61 Å². The molecule has 2 aromatic rings. The van der Waals surface area contributed by atoms with Crippen LogP contribution >= 0.6 is 0 Å². The van der Waals surface area contributed by atoms with Gasteiger partial charge in [-0.1, -0.05) is 0 Å². The standard InChI is InChI=1S/C17H19N3O6S/c21-16(19-20-17(22)15-4-2-10-26-15)12-5-7-14(8-6-12)27(23,24)18-11-13-3-1-9-25-13/h2,4-8,10,13,18H,1,3,9,11H2,(H,19,21)(H,20,22)/t13-/m0/s1. The van der Waals surface area contributed by atoms with Crippen LogP contribution in [0.2, 0.25) is 0 Å². The Bertz CT molecular complexity index is 887. The van der Waals surface area contributed by atoms with Gasteiger partial charge in [0.25, 0.3) is 5.91 Å². The molecule has 0 aliphatic carbocycles. The highest BCUT2D eigenvalue weighted by molar-refractivity contribution is 7.89. The van der Waals surface area contributed by atoms with Crippen LogP contribution in [0.15, 0.2) is 52.0 Å². The molecule has 1 atom stereocenters. The molecule has 0 unspecified atom stereocenters. The number of furan rings is 1. The number of benzene rings is 1. The molecule has 1 saturated heterocycles. The summed E-state index contributed by atoms with van der Waals surface area (Å²) in [5.41, 5.74) is 4.62. The first-order valence-electron chi connectivity index (χ1n) is 8.31. The van der Waals surface area contributed by atoms with E-state index in [0.717, 1.165) is 12.8 Å². The molecule has 2 heterocycles. The summed E-state index contributed by atoms with van der Waals surface area (Å²) in [6, 6.07) is 8.35. The fourth-order valence-electron chi connectivity index (χ4n) is 2.53. The molecule has 0 saturated carbocycles. The Labute approximate surface area is 156 Å². The second kappa shape index (κ2) is 8.33. The van der Waals surface area contributed by atoms with Crippen LogP contribution in [0.3, 0.4) is 0 Å². The second-order valence-electron chi connectivity index (χ2n) is 5.90. The molecule has 3 rings (SSSR count). The van der Waals surface area contributed by atoms with Crippen molar-refractivity contribution in [1.29, 1.82) is 0 Å². The SMILES string of the molecule is O=C(NNC(=O)c1ccco1)c1ccc(S(=O)(=O)NC[C@@H]2CCCO2)cc1. The predicted octanol–water partition coefficient (Wildman–Crippen LogP) is 0.812. The number of ether oxygens (including phenoxy) is 1. The summed E-state index contributed by atoms with van der Waals surface area (Å²) < 4.78 is 37.4. The zero-order chi connectivity index (χ0) is 19.3. The van der Waals surface area contributed by atoms with Gasteiger partial charge in [0.2, 0.25) is 10.0 Å². The lowest BCUT2D eigenvalue weighted by atomic mass is 10.2. The third-order valence-electron chi connectivity index (χ3n) is 3.99. The van der Waals surface area contributed by atoms with Gasteiger partial charge in [-0.05, 0) is 49.2 Å². The van der Waals surface area contributed by atoms with Gasteiger partial charge in [-0.3, -0.25) is 20.4 Å². The topological polar surface area (TPSA) is 127 Å². The first-order valence-corrected chi connectivity index (χ1v) is 9.79. The van der Waals surface area contributed by atoms with Gasteiger partial charge in [0.1, 0.15) is 0 Å². The van der Waals surface area contributed by atoms with Crippen molar-refractivity contribution >= 4 is 21.8 Å². The molecule has 10 heteroatoms. The van der Waals surface area contributed by atoms with Gasteiger partial charge in [0.15, 0.2) is 5.76 Å². The van der Waals surface area contributed by atoms with Crippen LogP contribution in [0.1, 0.15) is 33.8 Å². The molecule has 0 spiro atoms. The fraction of sp³-hybridized carbons (Fsp3) is 0.294. The molecule has 0 radical (unpaired) electrons. The van der Waals surface area contributed by atoms with Gasteiger partial charge in [-0.2, -0.15) is 0 Å². The van der Waals surface area contributed by atoms with Crippen molar-refractivity contribution in [3.63, 3.8) is 0 Å². The van der Waals surface area contributed by atoms with Crippen LogP contribution in [0, 0.1) is 0 Å². The highest BCUT2D eigenvalue weighted by Crippen LogP contribution is 2.14. The first-order chi connectivity index (χ1) is 13.0. The largest absolute Gasteiger partial charge is 0.459 e. The third-order valence-corrected chi connectivity index (χ3v) is 5.43. The molecular formula is C17H19N3O6S. The number of hydrogen-bond acceptors (Lipinski definition) is 6. The Morgan fingerprint density at radius 1 is 1.07 bits per heavy atom. The molecule has 3 N–H and O–H groups in total. The fourth-order valence-corrected chi connectivity index (χ4v) is 3.60. The van der Waals surface area contributed by atoms with Crippen molar-refractivity contribution in [3.8, 4) is 0 Å². The summed E-state index contributed by atoms with van der Waals surface area (Å²) in [7, 11) is -3.69. The Balaban J connectivity index is 1.55. The number of sulfonamides is 1. The van der Waals surface area contributed by atoms with E-state index < -0.39 is 21.8 Å². The molecule has 1 aliphatic rings. The van der Waals surface area contributed by atoms with E-state index in [1.54, 1.807) is 6.07 Å². The van der Waals surface area contributed by atoms with Crippen LogP contribution < -0.4 is 15.6 Å². The Kier molecular flexibility index (Phi) is 5.89. The van der Waals surface area contributed by atoms with Gasteiger partial charge < -0.3 is 9.15 Å². The minimum Gasteiger partial charge on any atom is -0.459 e. The summed E-state index contributed by atoms with van der Waals surface area (Å²) in [5.74, 6) is -1.15. The summed E-state index contributed by atoms with van der Waals surface area (Å²) in [4.78, 5) is 23.8. The zero-order valence-corrected chi connectivity index (χ0v) is 15.1. The van der Waals surface area contributed by atoms with Crippen LogP contribution in [-0.2, 0) is 14.8 Å². The summed E-state index contributed by atoms with van der Waals surface area (Å²) in [5, 5.41) is 0. The molecule has 0 bridgehead atoms. The number of amides is 2. The van der Waals surface area contributed by atoms with Crippen molar-refractivity contribution in [2.45, 2.75) is 23.8 Å². The first kappa shape index (κ1) is 19.1. The molecule has 1 aromatic carbocycles. The van der Waals surface area contributed by atoms with E-state index in [-0.39, 0.29) is 28.9 Å². The monoisotopic (exact) mass is 393 g/mol. The van der Waals surface area contributed by atoms with Crippen LogP contribution in [0.5, 0.6) is 0 Å². The van der Waals surface area contributed by atoms with E-state index in [2.05, 4.69) is 15.6 Å². The summed E-state index contributed by atoms with van der Waals surface area (Å²) >= 11 is 0. The van der Waals surface area contributed by atoms with E-state index in [9.17, 15) is 18.0 Å². The normalized spacial score (nSPS) is 16.8. The molecular weight excluding hydrogens is 374 g/mol. The van der Waals surface area contributed by atoms with E-state index in [1.165, 1.54) is 36.6 Å². The van der Waals surface area contributed by atoms with Crippen molar-refractivity contribution < 1.29 is 27.2 Å². The number of rotatable bonds is 6. The van der Waals surface area contributed by atoms with Gasteiger partial charge in [0.05, 0.1) is 17.3 Å². The van der Waals surface area contributed by atoms with E-state index >= 15 is 0 Å². The number of hydrazine groups is 1. The van der Waals surface area contributed by atoms with Crippen LogP contribution in [0.4, 0.5) is 0 Å². The van der Waals surface area contributed by atoms with Crippen LogP contribution in [-0.4, -0.2) is 39.5 Å². The quantitative estimate of drug-likeness (QED) is 0.624. The van der Waals surface area contributed by atoms with E-state index in [4.69, 9.17) is 9.15 Å². The lowest BCUT2D eigenvalue weighted by molar-refractivity contribution is 0.0831. The molecule has 27 heavy (non-hydrogen) atoms. The Morgan fingerprint density at radius 2 is 1.81 bits per heavy atom. The maximum atomic E-state index is 12.3. The maximum absolute atomic E-state index is 12.3. The average Bonchev–Trinajstić information content (AvgIpc) is 3.38. The Morgan fingerprint density at radius 3 is 2.44 bits per heavy atom. The van der Waals surface area contributed by atoms with Crippen LogP contribution in [0.25, 0.3) is 0 Å². The van der Waals surface area contributed by atoms with Crippen molar-refractivity contribution in [3.05, 3.63) is 54.0 Å². The molecule has 9 nitrogen and oxygen atoms in total. The van der Waals surface area contributed by atoms with Gasteiger partial charge in [-0.25, -0.2) is 13.1 Å². The smallest absolute Gasteiger partial charge is 0.305 e. The van der Waals surface area contributed by atoms with Gasteiger partial charge >= 0.3 is 5.91 Å². The maximum Gasteiger partial charge on any atom is 0.305 e. The summed E-state index contributed by atoms with van der Waals surface area (Å²) in [6.07, 6.45) is 2.98. The summed E-state index contributed by atoms with van der Waals surface area (Å²) in [6.45, 7) is 0.857. The highest BCUT2D eigenvalue weighted by Gasteiger charge is 2.20. The zero-order valence-electron chi connectivity index (χ0n) is 14.3. The third kappa shape index (κ3) is 4.94. The number of nitrogens with one attached hydrogen (secondary N) is 3. The molecule has 144 valence electrons. The lowest BCUT2D eigenvalue weighted by Crippen LogP contribution is -2.41.